The molecule has 3 aromatic carbocycles. The molecule has 0 saturated carbocycles. The Morgan fingerprint density at radius 2 is 1.77 bits per heavy atom. The van der Waals surface area contributed by atoms with Gasteiger partial charge in [-0.25, -0.2) is 5.43 Å². The van der Waals surface area contributed by atoms with Gasteiger partial charge >= 0.3 is 0 Å². The van der Waals surface area contributed by atoms with Crippen LogP contribution in [-0.2, 0) is 11.4 Å². The number of amides is 1. The molecule has 0 aliphatic rings. The van der Waals surface area contributed by atoms with Crippen molar-refractivity contribution in [1.29, 1.82) is 0 Å². The SMILES string of the molecule is CC(C)c1cccc(OCC(=O)N/N=C/c2ccc(OCc3ccccc3Cl)cc2)c1. The van der Waals surface area contributed by atoms with Crippen molar-refractivity contribution in [3.63, 3.8) is 0 Å². The van der Waals surface area contributed by atoms with E-state index < -0.39 is 0 Å². The average molecular weight is 437 g/mol. The van der Waals surface area contributed by atoms with Crippen LogP contribution in [-0.4, -0.2) is 18.7 Å². The van der Waals surface area contributed by atoms with Crippen molar-refractivity contribution >= 4 is 23.7 Å². The van der Waals surface area contributed by atoms with Crippen molar-refractivity contribution in [2.75, 3.05) is 6.61 Å². The third-order valence-corrected chi connectivity index (χ3v) is 4.90. The van der Waals surface area contributed by atoms with Crippen molar-refractivity contribution in [3.8, 4) is 11.5 Å². The van der Waals surface area contributed by atoms with Crippen LogP contribution in [0.4, 0.5) is 0 Å². The molecule has 0 saturated heterocycles. The lowest BCUT2D eigenvalue weighted by Gasteiger charge is -2.09. The van der Waals surface area contributed by atoms with Crippen LogP contribution < -0.4 is 14.9 Å². The monoisotopic (exact) mass is 436 g/mol. The van der Waals surface area contributed by atoms with E-state index in [0.29, 0.717) is 23.3 Å². The normalized spacial score (nSPS) is 11.0. The fourth-order valence-corrected chi connectivity index (χ4v) is 2.94. The van der Waals surface area contributed by atoms with Gasteiger partial charge in [-0.05, 0) is 59.5 Å². The highest BCUT2D eigenvalue weighted by atomic mass is 35.5. The highest BCUT2D eigenvalue weighted by molar-refractivity contribution is 6.31. The second kappa shape index (κ2) is 11.2. The van der Waals surface area contributed by atoms with E-state index >= 15 is 0 Å². The Kier molecular flexibility index (Phi) is 8.07. The van der Waals surface area contributed by atoms with Gasteiger partial charge in [0.25, 0.3) is 5.91 Å². The molecule has 3 aromatic rings. The summed E-state index contributed by atoms with van der Waals surface area (Å²) in [5.74, 6) is 1.46. The Labute approximate surface area is 187 Å². The molecule has 0 aromatic heterocycles. The molecule has 1 amide bonds. The van der Waals surface area contributed by atoms with Crippen molar-refractivity contribution in [3.05, 3.63) is 94.5 Å². The van der Waals surface area contributed by atoms with Gasteiger partial charge in [0.05, 0.1) is 6.21 Å². The second-order valence-corrected chi connectivity index (χ2v) is 7.67. The smallest absolute Gasteiger partial charge is 0.277 e. The van der Waals surface area contributed by atoms with Crippen LogP contribution in [0.3, 0.4) is 0 Å². The minimum absolute atomic E-state index is 0.103. The zero-order valence-electron chi connectivity index (χ0n) is 17.5. The molecule has 0 unspecified atom stereocenters. The van der Waals surface area contributed by atoms with Crippen LogP contribution >= 0.6 is 11.6 Å². The third kappa shape index (κ3) is 7.15. The van der Waals surface area contributed by atoms with E-state index in [4.69, 9.17) is 21.1 Å². The Bertz CT molecular complexity index is 1030. The van der Waals surface area contributed by atoms with Crippen molar-refractivity contribution in [2.24, 2.45) is 5.10 Å². The molecular formula is C25H25ClN2O3. The van der Waals surface area contributed by atoms with Crippen LogP contribution in [0.15, 0.2) is 77.9 Å². The van der Waals surface area contributed by atoms with Gasteiger partial charge in [-0.1, -0.05) is 55.8 Å². The molecule has 0 aliphatic heterocycles. The standard InChI is InChI=1S/C25H25ClN2O3/c1-18(2)20-7-5-8-23(14-20)31-17-25(29)28-27-15-19-10-12-22(13-11-19)30-16-21-6-3-4-9-24(21)26/h3-15,18H,16-17H2,1-2H3,(H,28,29)/b27-15+. The van der Waals surface area contributed by atoms with Gasteiger partial charge in [0.2, 0.25) is 0 Å². The molecule has 0 aliphatic carbocycles. The quantitative estimate of drug-likeness (QED) is 0.352. The molecular weight excluding hydrogens is 412 g/mol. The first-order chi connectivity index (χ1) is 15.0. The van der Waals surface area contributed by atoms with Gasteiger partial charge in [0.1, 0.15) is 18.1 Å². The van der Waals surface area contributed by atoms with Gasteiger partial charge in [0, 0.05) is 10.6 Å². The maximum Gasteiger partial charge on any atom is 0.277 e. The van der Waals surface area contributed by atoms with Gasteiger partial charge in [-0.15, -0.1) is 0 Å². The zero-order chi connectivity index (χ0) is 22.1. The van der Waals surface area contributed by atoms with Gasteiger partial charge in [-0.2, -0.15) is 5.10 Å². The molecule has 0 radical (unpaired) electrons. The summed E-state index contributed by atoms with van der Waals surface area (Å²) in [6, 6.07) is 22.7. The highest BCUT2D eigenvalue weighted by Crippen LogP contribution is 2.20. The predicted molar refractivity (Wildman–Crippen MR) is 124 cm³/mol. The number of halogens is 1. The molecule has 0 bridgehead atoms. The lowest BCUT2D eigenvalue weighted by Crippen LogP contribution is -2.24. The van der Waals surface area contributed by atoms with E-state index in [9.17, 15) is 4.79 Å². The summed E-state index contributed by atoms with van der Waals surface area (Å²) < 4.78 is 11.3. The van der Waals surface area contributed by atoms with Crippen LogP contribution in [0, 0.1) is 0 Å². The first kappa shape index (κ1) is 22.4. The Morgan fingerprint density at radius 3 is 2.52 bits per heavy atom. The number of carbonyl (C=O) groups is 1. The average Bonchev–Trinajstić information content (AvgIpc) is 2.78. The maximum atomic E-state index is 11.9. The predicted octanol–water partition coefficient (Wildman–Crippen LogP) is 5.57. The number of benzene rings is 3. The molecule has 0 atom stereocenters. The molecule has 31 heavy (non-hydrogen) atoms. The Balaban J connectivity index is 1.43. The minimum Gasteiger partial charge on any atom is -0.489 e. The molecule has 6 heteroatoms. The van der Waals surface area contributed by atoms with Gasteiger partial charge in [0.15, 0.2) is 6.61 Å². The topological polar surface area (TPSA) is 59.9 Å². The first-order valence-electron chi connectivity index (χ1n) is 10.0. The number of hydrogen-bond acceptors (Lipinski definition) is 4. The highest BCUT2D eigenvalue weighted by Gasteiger charge is 2.04. The largest absolute Gasteiger partial charge is 0.489 e. The van der Waals surface area contributed by atoms with E-state index in [1.807, 2.05) is 72.8 Å². The van der Waals surface area contributed by atoms with E-state index in [1.54, 1.807) is 6.21 Å². The first-order valence-corrected chi connectivity index (χ1v) is 10.4. The number of nitrogens with one attached hydrogen (secondary N) is 1. The molecule has 0 fully saturated rings. The fraction of sp³-hybridized carbons (Fsp3) is 0.200. The van der Waals surface area contributed by atoms with E-state index in [-0.39, 0.29) is 12.5 Å². The summed E-state index contributed by atoms with van der Waals surface area (Å²) in [6.45, 7) is 4.51. The van der Waals surface area contributed by atoms with Crippen molar-refractivity contribution < 1.29 is 14.3 Å². The Morgan fingerprint density at radius 1 is 1.00 bits per heavy atom. The maximum absolute atomic E-state index is 11.9. The summed E-state index contributed by atoms with van der Waals surface area (Å²) in [5, 5.41) is 4.65. The molecule has 0 spiro atoms. The van der Waals surface area contributed by atoms with Gasteiger partial charge in [-0.3, -0.25) is 4.79 Å². The van der Waals surface area contributed by atoms with Crippen LogP contribution in [0.2, 0.25) is 5.02 Å². The third-order valence-electron chi connectivity index (χ3n) is 4.53. The number of rotatable bonds is 9. The fourth-order valence-electron chi connectivity index (χ4n) is 2.75. The van der Waals surface area contributed by atoms with E-state index in [0.717, 1.165) is 22.4 Å². The number of carbonyl (C=O) groups excluding carboxylic acids is 1. The zero-order valence-corrected chi connectivity index (χ0v) is 18.3. The summed E-state index contributed by atoms with van der Waals surface area (Å²) >= 11 is 6.13. The molecule has 5 nitrogen and oxygen atoms in total. The number of hydrogen-bond donors (Lipinski definition) is 1. The van der Waals surface area contributed by atoms with E-state index in [2.05, 4.69) is 24.4 Å². The second-order valence-electron chi connectivity index (χ2n) is 7.26. The molecule has 1 N–H and O–H groups in total. The van der Waals surface area contributed by atoms with Crippen molar-refractivity contribution in [1.82, 2.24) is 5.43 Å². The lowest BCUT2D eigenvalue weighted by atomic mass is 10.0. The molecule has 0 heterocycles. The van der Waals surface area contributed by atoms with Crippen LogP contribution in [0.25, 0.3) is 0 Å². The van der Waals surface area contributed by atoms with E-state index in [1.165, 1.54) is 0 Å². The lowest BCUT2D eigenvalue weighted by molar-refractivity contribution is -0.123. The summed E-state index contributed by atoms with van der Waals surface area (Å²) in [7, 11) is 0. The molecule has 3 rings (SSSR count). The van der Waals surface area contributed by atoms with Gasteiger partial charge < -0.3 is 9.47 Å². The molecule has 160 valence electrons. The summed E-state index contributed by atoms with van der Waals surface area (Å²) in [4.78, 5) is 11.9. The summed E-state index contributed by atoms with van der Waals surface area (Å²) in [6.07, 6.45) is 1.56. The van der Waals surface area contributed by atoms with Crippen LogP contribution in [0.1, 0.15) is 36.5 Å². The number of ether oxygens (including phenoxy) is 2. The number of hydrazone groups is 1. The van der Waals surface area contributed by atoms with Crippen molar-refractivity contribution in [2.45, 2.75) is 26.4 Å². The number of nitrogens with zero attached hydrogens (tertiary/aromatic N) is 1. The summed E-state index contributed by atoms with van der Waals surface area (Å²) in [5.41, 5.74) is 5.38. The Hall–Kier alpha value is -3.31. The van der Waals surface area contributed by atoms with Crippen LogP contribution in [0.5, 0.6) is 11.5 Å². The minimum atomic E-state index is -0.328.